The van der Waals surface area contributed by atoms with Crippen molar-refractivity contribution in [2.24, 2.45) is 4.99 Å². The largest absolute Gasteiger partial charge is 0.354 e. The van der Waals surface area contributed by atoms with Crippen molar-refractivity contribution in [2.75, 3.05) is 13.6 Å². The average molecular weight is 251 g/mol. The van der Waals surface area contributed by atoms with Gasteiger partial charge in [-0.15, -0.1) is 17.9 Å². The number of nitrogens with zero attached hydrogens (tertiary/aromatic N) is 1. The maximum Gasteiger partial charge on any atom is 0.191 e. The summed E-state index contributed by atoms with van der Waals surface area (Å²) in [5, 5.41) is 6.52. The molecule has 0 aromatic carbocycles. The van der Waals surface area contributed by atoms with E-state index in [9.17, 15) is 0 Å². The van der Waals surface area contributed by atoms with Crippen molar-refractivity contribution < 1.29 is 0 Å². The fourth-order valence-electron chi connectivity index (χ4n) is 1.54. The zero-order chi connectivity index (χ0) is 12.7. The van der Waals surface area contributed by atoms with Gasteiger partial charge in [-0.25, -0.2) is 0 Å². The first kappa shape index (κ1) is 13.8. The normalized spacial score (nSPS) is 13.2. The molecule has 1 atom stereocenters. The number of nitrogens with one attached hydrogen (secondary N) is 2. The van der Waals surface area contributed by atoms with Crippen molar-refractivity contribution in [3.8, 4) is 0 Å². The van der Waals surface area contributed by atoms with Crippen LogP contribution in [0.15, 0.2) is 29.8 Å². The molecule has 3 nitrogen and oxygen atoms in total. The van der Waals surface area contributed by atoms with Gasteiger partial charge in [-0.05, 0) is 26.0 Å². The maximum absolute atomic E-state index is 4.16. The molecule has 94 valence electrons. The average Bonchev–Trinajstić information content (AvgIpc) is 2.69. The molecule has 0 spiro atoms. The quantitative estimate of drug-likeness (QED) is 0.479. The van der Waals surface area contributed by atoms with Crippen LogP contribution in [0.1, 0.15) is 16.7 Å². The SMILES string of the molecule is C=CCNC(=NC)NC(C)Cc1ccc(C)s1. The second-order valence-corrected chi connectivity index (χ2v) is 5.38. The molecule has 1 aromatic rings. The molecule has 0 fully saturated rings. The molecule has 1 rings (SSSR count). The Morgan fingerprint density at radius 3 is 2.88 bits per heavy atom. The number of aryl methyl sites for hydroxylation is 1. The van der Waals surface area contributed by atoms with Crippen molar-refractivity contribution >= 4 is 17.3 Å². The lowest BCUT2D eigenvalue weighted by Crippen LogP contribution is -2.42. The summed E-state index contributed by atoms with van der Waals surface area (Å²) in [7, 11) is 1.78. The zero-order valence-electron chi connectivity index (χ0n) is 10.8. The van der Waals surface area contributed by atoms with Crippen LogP contribution in [0.4, 0.5) is 0 Å². The second-order valence-electron chi connectivity index (χ2n) is 4.00. The van der Waals surface area contributed by atoms with Crippen LogP contribution in [0.25, 0.3) is 0 Å². The van der Waals surface area contributed by atoms with Crippen molar-refractivity contribution in [3.05, 3.63) is 34.5 Å². The highest BCUT2D eigenvalue weighted by molar-refractivity contribution is 7.11. The van der Waals surface area contributed by atoms with Gasteiger partial charge in [-0.3, -0.25) is 4.99 Å². The molecule has 0 radical (unpaired) electrons. The molecule has 0 aliphatic rings. The van der Waals surface area contributed by atoms with Crippen LogP contribution < -0.4 is 10.6 Å². The molecule has 0 aliphatic heterocycles. The third kappa shape index (κ3) is 5.04. The Hall–Kier alpha value is -1.29. The number of thiophene rings is 1. The second kappa shape index (κ2) is 7.12. The molecule has 1 heterocycles. The molecule has 17 heavy (non-hydrogen) atoms. The smallest absolute Gasteiger partial charge is 0.191 e. The van der Waals surface area contributed by atoms with Crippen molar-refractivity contribution in [2.45, 2.75) is 26.3 Å². The lowest BCUT2D eigenvalue weighted by atomic mass is 10.2. The van der Waals surface area contributed by atoms with E-state index in [4.69, 9.17) is 0 Å². The monoisotopic (exact) mass is 251 g/mol. The number of hydrogen-bond acceptors (Lipinski definition) is 2. The van der Waals surface area contributed by atoms with E-state index in [1.807, 2.05) is 17.4 Å². The van der Waals surface area contributed by atoms with Gasteiger partial charge in [-0.1, -0.05) is 6.08 Å². The summed E-state index contributed by atoms with van der Waals surface area (Å²) < 4.78 is 0. The van der Waals surface area contributed by atoms with Gasteiger partial charge in [0.25, 0.3) is 0 Å². The molecular weight excluding hydrogens is 230 g/mol. The summed E-state index contributed by atoms with van der Waals surface area (Å²) in [5.74, 6) is 0.825. The number of aliphatic imine (C=N–C) groups is 1. The highest BCUT2D eigenvalue weighted by Gasteiger charge is 2.06. The van der Waals surface area contributed by atoms with Gasteiger partial charge in [0.1, 0.15) is 0 Å². The van der Waals surface area contributed by atoms with E-state index in [-0.39, 0.29) is 0 Å². The van der Waals surface area contributed by atoms with Crippen LogP contribution in [0.2, 0.25) is 0 Å². The first-order valence-electron chi connectivity index (χ1n) is 5.79. The van der Waals surface area contributed by atoms with Gasteiger partial charge < -0.3 is 10.6 Å². The molecule has 0 bridgehead atoms. The molecule has 0 saturated carbocycles. The fraction of sp³-hybridized carbons (Fsp3) is 0.462. The van der Waals surface area contributed by atoms with Gasteiger partial charge in [0.2, 0.25) is 0 Å². The third-order valence-corrected chi connectivity index (χ3v) is 3.35. The zero-order valence-corrected chi connectivity index (χ0v) is 11.6. The van der Waals surface area contributed by atoms with Crippen LogP contribution in [-0.2, 0) is 6.42 Å². The summed E-state index contributed by atoms with van der Waals surface area (Å²) >= 11 is 1.85. The van der Waals surface area contributed by atoms with E-state index in [0.717, 1.165) is 18.9 Å². The van der Waals surface area contributed by atoms with Crippen LogP contribution in [0.3, 0.4) is 0 Å². The minimum absolute atomic E-state index is 0.365. The summed E-state index contributed by atoms with van der Waals surface area (Å²) in [5.41, 5.74) is 0. The molecule has 1 unspecified atom stereocenters. The lowest BCUT2D eigenvalue weighted by molar-refractivity contribution is 0.650. The Balaban J connectivity index is 2.42. The summed E-state index contributed by atoms with van der Waals surface area (Å²) in [6, 6.07) is 4.72. The topological polar surface area (TPSA) is 36.4 Å². The first-order valence-corrected chi connectivity index (χ1v) is 6.60. The van der Waals surface area contributed by atoms with Crippen molar-refractivity contribution in [1.29, 1.82) is 0 Å². The van der Waals surface area contributed by atoms with Gasteiger partial charge in [-0.2, -0.15) is 0 Å². The Labute approximate surface area is 108 Å². The standard InChI is InChI=1S/C13H21N3S/c1-5-8-15-13(14-4)16-10(2)9-12-7-6-11(3)17-12/h5-7,10H,1,8-9H2,2-4H3,(H2,14,15,16). The van der Waals surface area contributed by atoms with E-state index in [1.54, 1.807) is 7.05 Å². The summed E-state index contributed by atoms with van der Waals surface area (Å²) in [6.07, 6.45) is 2.84. The molecule has 0 saturated heterocycles. The van der Waals surface area contributed by atoms with Crippen molar-refractivity contribution in [1.82, 2.24) is 10.6 Å². The predicted octanol–water partition coefficient (Wildman–Crippen LogP) is 2.34. The van der Waals surface area contributed by atoms with Crippen molar-refractivity contribution in [3.63, 3.8) is 0 Å². The Bertz CT molecular complexity index is 382. The molecule has 0 aliphatic carbocycles. The Morgan fingerprint density at radius 2 is 2.35 bits per heavy atom. The minimum atomic E-state index is 0.365. The summed E-state index contributed by atoms with van der Waals surface area (Å²) in [6.45, 7) is 8.70. The van der Waals surface area contributed by atoms with Crippen LogP contribution in [0, 0.1) is 6.92 Å². The van der Waals surface area contributed by atoms with E-state index in [1.165, 1.54) is 9.75 Å². The number of guanidine groups is 1. The fourth-order valence-corrected chi connectivity index (χ4v) is 2.56. The van der Waals surface area contributed by atoms with E-state index < -0.39 is 0 Å². The van der Waals surface area contributed by atoms with E-state index in [0.29, 0.717) is 6.04 Å². The highest BCUT2D eigenvalue weighted by Crippen LogP contribution is 2.16. The van der Waals surface area contributed by atoms with Gasteiger partial charge in [0.15, 0.2) is 5.96 Å². The Kier molecular flexibility index (Phi) is 5.77. The number of rotatable bonds is 5. The van der Waals surface area contributed by atoms with Crippen LogP contribution in [0.5, 0.6) is 0 Å². The third-order valence-electron chi connectivity index (χ3n) is 2.32. The maximum atomic E-state index is 4.16. The van der Waals surface area contributed by atoms with Crippen LogP contribution in [-0.4, -0.2) is 25.6 Å². The minimum Gasteiger partial charge on any atom is -0.354 e. The molecule has 2 N–H and O–H groups in total. The van der Waals surface area contributed by atoms with Gasteiger partial charge >= 0.3 is 0 Å². The molecule has 4 heteroatoms. The summed E-state index contributed by atoms with van der Waals surface area (Å²) in [4.78, 5) is 6.93. The van der Waals surface area contributed by atoms with E-state index >= 15 is 0 Å². The van der Waals surface area contributed by atoms with Gasteiger partial charge in [0, 0.05) is 35.8 Å². The number of hydrogen-bond donors (Lipinski definition) is 2. The molecular formula is C13H21N3S. The Morgan fingerprint density at radius 1 is 1.59 bits per heavy atom. The molecule has 0 amide bonds. The first-order chi connectivity index (χ1) is 8.15. The molecule has 1 aromatic heterocycles. The van der Waals surface area contributed by atoms with E-state index in [2.05, 4.69) is 48.2 Å². The lowest BCUT2D eigenvalue weighted by Gasteiger charge is -2.16. The highest BCUT2D eigenvalue weighted by atomic mass is 32.1. The predicted molar refractivity (Wildman–Crippen MR) is 76.9 cm³/mol. The van der Waals surface area contributed by atoms with Gasteiger partial charge in [0.05, 0.1) is 0 Å². The van der Waals surface area contributed by atoms with Crippen LogP contribution >= 0.6 is 11.3 Å².